The Morgan fingerprint density at radius 1 is 1.21 bits per heavy atom. The van der Waals surface area contributed by atoms with Crippen LogP contribution >= 0.6 is 0 Å². The van der Waals surface area contributed by atoms with Crippen LogP contribution in [0, 0.1) is 12.3 Å². The third-order valence-electron chi connectivity index (χ3n) is 3.15. The van der Waals surface area contributed by atoms with Crippen LogP contribution in [-0.2, 0) is 6.54 Å². The minimum atomic E-state index is -0.0615. The van der Waals surface area contributed by atoms with Crippen molar-refractivity contribution in [1.29, 1.82) is 5.41 Å². The van der Waals surface area contributed by atoms with Crippen LogP contribution in [0.15, 0.2) is 36.9 Å². The predicted molar refractivity (Wildman–Crippen MR) is 68.8 cm³/mol. The molecular formula is C13H13N5O. The van der Waals surface area contributed by atoms with Crippen molar-refractivity contribution in [2.24, 2.45) is 0 Å². The maximum Gasteiger partial charge on any atom is 0.192 e. The molecule has 2 aromatic heterocycles. The average molecular weight is 255 g/mol. The second-order valence-electron chi connectivity index (χ2n) is 4.41. The first kappa shape index (κ1) is 11.5. The van der Waals surface area contributed by atoms with E-state index >= 15 is 0 Å². The highest BCUT2D eigenvalue weighted by Gasteiger charge is 2.08. The topological polar surface area (TPSA) is 79.7 Å². The van der Waals surface area contributed by atoms with E-state index in [2.05, 4.69) is 29.0 Å². The maximum atomic E-state index is 9.38. The molecule has 0 amide bonds. The SMILES string of the molecule is Cc1ccccc1Cn1cnc2c(=N)n(O)cnc21. The number of rotatable bonds is 2. The molecular weight excluding hydrogens is 242 g/mol. The van der Waals surface area contributed by atoms with Gasteiger partial charge in [-0.3, -0.25) is 5.41 Å². The van der Waals surface area contributed by atoms with Crippen LogP contribution in [0.2, 0.25) is 0 Å². The zero-order chi connectivity index (χ0) is 13.4. The summed E-state index contributed by atoms with van der Waals surface area (Å²) in [5, 5.41) is 17.1. The molecule has 0 spiro atoms. The van der Waals surface area contributed by atoms with Gasteiger partial charge in [0.25, 0.3) is 0 Å². The first-order chi connectivity index (χ1) is 9.16. The van der Waals surface area contributed by atoms with Gasteiger partial charge >= 0.3 is 0 Å². The van der Waals surface area contributed by atoms with Gasteiger partial charge < -0.3 is 9.77 Å². The van der Waals surface area contributed by atoms with E-state index in [0.29, 0.717) is 22.4 Å². The van der Waals surface area contributed by atoms with Gasteiger partial charge in [-0.05, 0) is 18.1 Å². The second kappa shape index (κ2) is 4.24. The third-order valence-corrected chi connectivity index (χ3v) is 3.15. The van der Waals surface area contributed by atoms with Crippen LogP contribution in [0.1, 0.15) is 11.1 Å². The molecule has 2 N–H and O–H groups in total. The van der Waals surface area contributed by atoms with E-state index in [9.17, 15) is 5.21 Å². The van der Waals surface area contributed by atoms with E-state index in [0.717, 1.165) is 0 Å². The van der Waals surface area contributed by atoms with Gasteiger partial charge in [-0.15, -0.1) is 0 Å². The fourth-order valence-corrected chi connectivity index (χ4v) is 2.04. The van der Waals surface area contributed by atoms with Gasteiger partial charge in [0.05, 0.1) is 12.9 Å². The molecule has 0 aliphatic carbocycles. The number of hydrogen-bond acceptors (Lipinski definition) is 4. The van der Waals surface area contributed by atoms with Crippen molar-refractivity contribution in [2.75, 3.05) is 0 Å². The molecule has 0 radical (unpaired) electrons. The van der Waals surface area contributed by atoms with Crippen LogP contribution in [0.3, 0.4) is 0 Å². The number of aryl methyl sites for hydroxylation is 1. The molecule has 19 heavy (non-hydrogen) atoms. The smallest absolute Gasteiger partial charge is 0.192 e. The molecule has 96 valence electrons. The van der Waals surface area contributed by atoms with Crippen LogP contribution in [-0.4, -0.2) is 24.5 Å². The molecule has 0 bridgehead atoms. The highest BCUT2D eigenvalue weighted by Crippen LogP contribution is 2.12. The van der Waals surface area contributed by atoms with Crippen molar-refractivity contribution >= 4 is 11.2 Å². The Kier molecular flexibility index (Phi) is 2.56. The van der Waals surface area contributed by atoms with E-state index in [1.54, 1.807) is 6.33 Å². The lowest BCUT2D eigenvalue weighted by atomic mass is 10.1. The third kappa shape index (κ3) is 1.87. The summed E-state index contributed by atoms with van der Waals surface area (Å²) in [6.07, 6.45) is 2.85. The fraction of sp³-hybridized carbons (Fsp3) is 0.154. The van der Waals surface area contributed by atoms with E-state index in [1.807, 2.05) is 16.7 Å². The molecule has 2 heterocycles. The van der Waals surface area contributed by atoms with Gasteiger partial charge in [0.2, 0.25) is 0 Å². The first-order valence-electron chi connectivity index (χ1n) is 5.87. The van der Waals surface area contributed by atoms with Crippen molar-refractivity contribution < 1.29 is 5.21 Å². The second-order valence-corrected chi connectivity index (χ2v) is 4.41. The lowest BCUT2D eigenvalue weighted by molar-refractivity contribution is 0.168. The molecule has 0 aliphatic heterocycles. The molecule has 0 saturated heterocycles. The minimum Gasteiger partial charge on any atom is -0.425 e. The fourth-order valence-electron chi connectivity index (χ4n) is 2.04. The molecule has 0 atom stereocenters. The largest absolute Gasteiger partial charge is 0.425 e. The average Bonchev–Trinajstić information content (AvgIpc) is 2.81. The summed E-state index contributed by atoms with van der Waals surface area (Å²) in [6.45, 7) is 2.70. The van der Waals surface area contributed by atoms with E-state index in [-0.39, 0.29) is 5.49 Å². The van der Waals surface area contributed by atoms with Gasteiger partial charge in [0, 0.05) is 0 Å². The van der Waals surface area contributed by atoms with Gasteiger partial charge in [0.1, 0.15) is 6.33 Å². The number of aromatic nitrogens is 4. The zero-order valence-electron chi connectivity index (χ0n) is 10.4. The summed E-state index contributed by atoms with van der Waals surface area (Å²) in [5.74, 6) is 0. The zero-order valence-corrected chi connectivity index (χ0v) is 10.4. The highest BCUT2D eigenvalue weighted by molar-refractivity contribution is 5.68. The summed E-state index contributed by atoms with van der Waals surface area (Å²) in [5.41, 5.74) is 3.30. The number of hydrogen-bond donors (Lipinski definition) is 2. The molecule has 3 rings (SSSR count). The van der Waals surface area contributed by atoms with Crippen molar-refractivity contribution in [1.82, 2.24) is 19.3 Å². The van der Waals surface area contributed by atoms with Gasteiger partial charge in [-0.1, -0.05) is 24.3 Å². The maximum absolute atomic E-state index is 9.38. The monoisotopic (exact) mass is 255 g/mol. The predicted octanol–water partition coefficient (Wildman–Crippen LogP) is 1.31. The molecule has 0 fully saturated rings. The summed E-state index contributed by atoms with van der Waals surface area (Å²) < 4.78 is 2.53. The molecule has 6 nitrogen and oxygen atoms in total. The summed E-state index contributed by atoms with van der Waals surface area (Å²) >= 11 is 0. The standard InChI is InChI=1S/C13H13N5O/c1-9-4-2-3-5-10(9)6-17-7-15-11-12(14)18(19)8-16-13(11)17/h2-5,7-8,14,19H,6H2,1H3. The Morgan fingerprint density at radius 3 is 2.79 bits per heavy atom. The summed E-state index contributed by atoms with van der Waals surface area (Å²) in [7, 11) is 0. The Morgan fingerprint density at radius 2 is 2.00 bits per heavy atom. The Balaban J connectivity index is 2.10. The summed E-state index contributed by atoms with van der Waals surface area (Å²) in [6, 6.07) is 8.10. The molecule has 0 unspecified atom stereocenters. The van der Waals surface area contributed by atoms with Gasteiger partial charge in [-0.25, -0.2) is 9.97 Å². The Labute approximate surface area is 109 Å². The number of fused-ring (bicyclic) bond motifs is 1. The Hall–Kier alpha value is -2.63. The Bertz CT molecular complexity index is 802. The van der Waals surface area contributed by atoms with Gasteiger partial charge in [0.15, 0.2) is 16.7 Å². The van der Waals surface area contributed by atoms with E-state index in [1.165, 1.54) is 17.5 Å². The molecule has 3 aromatic rings. The number of imidazole rings is 1. The van der Waals surface area contributed by atoms with Crippen molar-refractivity contribution in [2.45, 2.75) is 13.5 Å². The van der Waals surface area contributed by atoms with Crippen molar-refractivity contribution in [3.8, 4) is 0 Å². The van der Waals surface area contributed by atoms with Crippen LogP contribution in [0.25, 0.3) is 11.2 Å². The van der Waals surface area contributed by atoms with E-state index in [4.69, 9.17) is 5.41 Å². The molecule has 1 aromatic carbocycles. The lowest BCUT2D eigenvalue weighted by Crippen LogP contribution is -2.18. The molecule has 6 heteroatoms. The van der Waals surface area contributed by atoms with E-state index < -0.39 is 0 Å². The van der Waals surface area contributed by atoms with Crippen LogP contribution in [0.5, 0.6) is 0 Å². The highest BCUT2D eigenvalue weighted by atomic mass is 16.5. The first-order valence-corrected chi connectivity index (χ1v) is 5.87. The van der Waals surface area contributed by atoms with Crippen LogP contribution < -0.4 is 5.49 Å². The van der Waals surface area contributed by atoms with Crippen molar-refractivity contribution in [3.63, 3.8) is 0 Å². The quantitative estimate of drug-likeness (QED) is 0.677. The minimum absolute atomic E-state index is 0.0615. The van der Waals surface area contributed by atoms with Crippen molar-refractivity contribution in [3.05, 3.63) is 53.5 Å². The lowest BCUT2D eigenvalue weighted by Gasteiger charge is -2.07. The van der Waals surface area contributed by atoms with Gasteiger partial charge in [-0.2, -0.15) is 4.73 Å². The summed E-state index contributed by atoms with van der Waals surface area (Å²) in [4.78, 5) is 8.26. The number of benzene rings is 1. The molecule has 0 saturated carbocycles. The number of nitrogens with zero attached hydrogens (tertiary/aromatic N) is 4. The normalized spacial score (nSPS) is 11.0. The number of nitrogens with one attached hydrogen (secondary N) is 1. The van der Waals surface area contributed by atoms with Crippen LogP contribution in [0.4, 0.5) is 0 Å². The molecule has 0 aliphatic rings.